The number of nitrogens with zero attached hydrogens (tertiary/aromatic N) is 2. The molecule has 3 aliphatic heterocycles. The van der Waals surface area contributed by atoms with Gasteiger partial charge in [0, 0.05) is 64.3 Å². The molecule has 56 heavy (non-hydrogen) atoms. The van der Waals surface area contributed by atoms with Crippen LogP contribution in [-0.2, 0) is 35.1 Å². The average molecular weight is 784 g/mol. The number of cyclic esters (lactones) is 1. The number of esters is 2. The maximum absolute atomic E-state index is 13.0. The van der Waals surface area contributed by atoms with Gasteiger partial charge in [0.25, 0.3) is 0 Å². The number of rotatable bonds is 14. The first-order valence-electron chi connectivity index (χ1n) is 20.3. The SMILES string of the molecule is CCC(OC)C(C)C1(C)OC1C(NCc1ccc(N2CCN(C)CC2)cc1)C(C)(O)C=CC=C(C)C1OC(=O)CC(O)CCC(C)(O)C(OC(C)=O)C=CC1C. The van der Waals surface area contributed by atoms with Crippen LogP contribution in [0.2, 0.25) is 0 Å². The third-order valence-electron chi connectivity index (χ3n) is 12.2. The molecule has 314 valence electrons. The van der Waals surface area contributed by atoms with Crippen LogP contribution < -0.4 is 10.2 Å². The molecular weight excluding hydrogens is 714 g/mol. The van der Waals surface area contributed by atoms with E-state index in [-0.39, 0.29) is 43.3 Å². The molecule has 0 spiro atoms. The molecule has 0 bridgehead atoms. The molecule has 4 rings (SSSR count). The first-order valence-corrected chi connectivity index (χ1v) is 20.3. The Bertz CT molecular complexity index is 1530. The summed E-state index contributed by atoms with van der Waals surface area (Å²) in [7, 11) is 3.87. The first kappa shape index (κ1) is 45.6. The summed E-state index contributed by atoms with van der Waals surface area (Å²) < 4.78 is 23.6. The molecule has 11 atom stereocenters. The molecule has 0 radical (unpaired) electrons. The number of benzene rings is 1. The maximum atomic E-state index is 13.0. The highest BCUT2D eigenvalue weighted by atomic mass is 16.6. The van der Waals surface area contributed by atoms with E-state index in [2.05, 4.69) is 67.2 Å². The van der Waals surface area contributed by atoms with Gasteiger partial charge in [-0.05, 0) is 83.4 Å². The topological polar surface area (TPSA) is 154 Å². The number of nitrogens with one attached hydrogen (secondary N) is 1. The minimum absolute atomic E-state index is 0.0000719. The van der Waals surface area contributed by atoms with Crippen molar-refractivity contribution in [1.82, 2.24) is 10.2 Å². The van der Waals surface area contributed by atoms with Gasteiger partial charge in [0.05, 0.1) is 35.9 Å². The zero-order valence-electron chi connectivity index (χ0n) is 35.4. The van der Waals surface area contributed by atoms with E-state index < -0.39 is 53.1 Å². The van der Waals surface area contributed by atoms with Gasteiger partial charge in [0.15, 0.2) is 0 Å². The standard InChI is InChI=1S/C44H69N3O9/c1-11-36(53-10)31(4)44(8)41(56-44)40(45-28-33-15-17-34(18-16-33)47-25-23-46(9)24-26-47)43(7,52)21-12-13-29(2)39-30(3)14-19-37(54-32(5)48)42(6,51)22-20-35(49)27-38(50)55-39/h12-19,21,30-31,35-37,39-41,45,49,51-52H,11,20,22-28H2,1-10H3. The molecule has 0 aromatic heterocycles. The van der Waals surface area contributed by atoms with Crippen molar-refractivity contribution in [2.24, 2.45) is 11.8 Å². The summed E-state index contributed by atoms with van der Waals surface area (Å²) in [6, 6.07) is 8.11. The number of aliphatic hydroxyl groups excluding tert-OH is 1. The lowest BCUT2D eigenvalue weighted by atomic mass is 9.80. The van der Waals surface area contributed by atoms with Crippen molar-refractivity contribution in [3.8, 4) is 0 Å². The molecular formula is C44H69N3O9. The molecule has 4 N–H and O–H groups in total. The summed E-state index contributed by atoms with van der Waals surface area (Å²) in [6.45, 7) is 19.2. The van der Waals surface area contributed by atoms with Crippen LogP contribution in [0.5, 0.6) is 0 Å². The van der Waals surface area contributed by atoms with Gasteiger partial charge in [-0.15, -0.1) is 0 Å². The third-order valence-corrected chi connectivity index (χ3v) is 12.2. The van der Waals surface area contributed by atoms with Gasteiger partial charge in [-0.25, -0.2) is 0 Å². The lowest BCUT2D eigenvalue weighted by molar-refractivity contribution is -0.157. The number of aliphatic hydroxyl groups is 3. The number of epoxide rings is 1. The van der Waals surface area contributed by atoms with Gasteiger partial charge in [-0.3, -0.25) is 9.59 Å². The Hall–Kier alpha value is -3.10. The van der Waals surface area contributed by atoms with E-state index >= 15 is 0 Å². The minimum atomic E-state index is -1.46. The van der Waals surface area contributed by atoms with Gasteiger partial charge in [0.1, 0.15) is 23.9 Å². The highest BCUT2D eigenvalue weighted by Gasteiger charge is 2.63. The molecule has 0 amide bonds. The van der Waals surface area contributed by atoms with Crippen LogP contribution in [0, 0.1) is 11.8 Å². The van der Waals surface area contributed by atoms with Crippen molar-refractivity contribution in [3.05, 3.63) is 65.8 Å². The van der Waals surface area contributed by atoms with E-state index in [9.17, 15) is 24.9 Å². The van der Waals surface area contributed by atoms with Crippen LogP contribution in [0.1, 0.15) is 86.6 Å². The predicted octanol–water partition coefficient (Wildman–Crippen LogP) is 4.70. The largest absolute Gasteiger partial charge is 0.457 e. The van der Waals surface area contributed by atoms with Crippen LogP contribution in [-0.4, -0.2) is 126 Å². The van der Waals surface area contributed by atoms with Gasteiger partial charge in [-0.2, -0.15) is 0 Å². The van der Waals surface area contributed by atoms with E-state index in [0.29, 0.717) is 12.1 Å². The van der Waals surface area contributed by atoms with Crippen molar-refractivity contribution in [2.75, 3.05) is 45.2 Å². The number of carbonyl (C=O) groups is 2. The van der Waals surface area contributed by atoms with Gasteiger partial charge >= 0.3 is 11.9 Å². The summed E-state index contributed by atoms with van der Waals surface area (Å²) in [5.74, 6) is -1.42. The number of likely N-dealkylation sites (N-methyl/N-ethyl adjacent to an activating group) is 1. The smallest absolute Gasteiger partial charge is 0.309 e. The van der Waals surface area contributed by atoms with Crippen LogP contribution in [0.25, 0.3) is 0 Å². The molecule has 1 aromatic rings. The van der Waals surface area contributed by atoms with E-state index in [0.717, 1.165) is 38.2 Å². The predicted molar refractivity (Wildman–Crippen MR) is 218 cm³/mol. The fourth-order valence-electron chi connectivity index (χ4n) is 8.06. The van der Waals surface area contributed by atoms with Crippen molar-refractivity contribution in [3.63, 3.8) is 0 Å². The normalized spacial score (nSPS) is 32.4. The molecule has 3 heterocycles. The Balaban J connectivity index is 1.57. The lowest BCUT2D eigenvalue weighted by Gasteiger charge is -2.34. The number of ether oxygens (including phenoxy) is 4. The van der Waals surface area contributed by atoms with Crippen LogP contribution >= 0.6 is 0 Å². The number of anilines is 1. The maximum Gasteiger partial charge on any atom is 0.309 e. The number of allylic oxidation sites excluding steroid dienone is 2. The summed E-state index contributed by atoms with van der Waals surface area (Å²) in [5, 5.41) is 37.6. The monoisotopic (exact) mass is 784 g/mol. The lowest BCUT2D eigenvalue weighted by Crippen LogP contribution is -2.53. The van der Waals surface area contributed by atoms with Crippen LogP contribution in [0.3, 0.4) is 0 Å². The number of hydrogen-bond donors (Lipinski definition) is 4. The Labute approximate surface area is 334 Å². The zero-order valence-corrected chi connectivity index (χ0v) is 35.4. The molecule has 2 fully saturated rings. The van der Waals surface area contributed by atoms with Crippen LogP contribution in [0.4, 0.5) is 5.69 Å². The van der Waals surface area contributed by atoms with Crippen molar-refractivity contribution in [1.29, 1.82) is 0 Å². The number of hydrogen-bond acceptors (Lipinski definition) is 12. The highest BCUT2D eigenvalue weighted by molar-refractivity contribution is 5.70. The van der Waals surface area contributed by atoms with Gasteiger partial charge in [0.2, 0.25) is 0 Å². The summed E-state index contributed by atoms with van der Waals surface area (Å²) in [5.41, 5.74) is -0.351. The fourth-order valence-corrected chi connectivity index (χ4v) is 8.06. The highest BCUT2D eigenvalue weighted by Crippen LogP contribution is 2.49. The molecule has 12 nitrogen and oxygen atoms in total. The minimum Gasteiger partial charge on any atom is -0.457 e. The molecule has 2 saturated heterocycles. The molecule has 3 aliphatic rings. The molecule has 0 saturated carbocycles. The fraction of sp³-hybridized carbons (Fsp3) is 0.682. The van der Waals surface area contributed by atoms with Crippen molar-refractivity contribution < 1.29 is 43.9 Å². The summed E-state index contributed by atoms with van der Waals surface area (Å²) in [4.78, 5) is 29.6. The second-order valence-electron chi connectivity index (χ2n) is 16.9. The molecule has 11 unspecified atom stereocenters. The van der Waals surface area contributed by atoms with E-state index in [1.807, 2.05) is 13.8 Å². The number of piperazine rings is 1. The number of methoxy groups -OCH3 is 1. The summed E-state index contributed by atoms with van der Waals surface area (Å²) >= 11 is 0. The van der Waals surface area contributed by atoms with Gasteiger partial charge < -0.3 is 49.4 Å². The second kappa shape index (κ2) is 19.6. The van der Waals surface area contributed by atoms with E-state index in [4.69, 9.17) is 18.9 Å². The van der Waals surface area contributed by atoms with E-state index in [1.165, 1.54) is 12.6 Å². The quantitative estimate of drug-likeness (QED) is 0.0896. The van der Waals surface area contributed by atoms with Crippen molar-refractivity contribution >= 4 is 17.6 Å². The summed E-state index contributed by atoms with van der Waals surface area (Å²) in [6.07, 6.45) is 6.47. The third kappa shape index (κ3) is 12.0. The molecule has 0 aliphatic carbocycles. The van der Waals surface area contributed by atoms with E-state index in [1.54, 1.807) is 51.3 Å². The first-order chi connectivity index (χ1) is 26.3. The molecule has 12 heteroatoms. The average Bonchev–Trinajstić information content (AvgIpc) is 3.82. The van der Waals surface area contributed by atoms with Crippen LogP contribution in [0.15, 0.2) is 60.2 Å². The molecule has 1 aromatic carbocycles. The Morgan fingerprint density at radius 1 is 1.14 bits per heavy atom. The van der Waals surface area contributed by atoms with Gasteiger partial charge in [-0.1, -0.05) is 57.2 Å². The Morgan fingerprint density at radius 3 is 2.41 bits per heavy atom. The number of carbonyl (C=O) groups excluding carboxylic acids is 2. The second-order valence-corrected chi connectivity index (χ2v) is 16.9. The van der Waals surface area contributed by atoms with Crippen molar-refractivity contribution in [2.45, 2.75) is 141 Å². The zero-order chi connectivity index (χ0) is 41.4. The Morgan fingerprint density at radius 2 is 1.80 bits per heavy atom. The Kier molecular flexibility index (Phi) is 15.9.